The van der Waals surface area contributed by atoms with Gasteiger partial charge in [-0.2, -0.15) is 0 Å². The number of ether oxygens (including phenoxy) is 1. The smallest absolute Gasteiger partial charge is 0.224 e. The molecule has 0 bridgehead atoms. The summed E-state index contributed by atoms with van der Waals surface area (Å²) in [5, 5.41) is 0. The van der Waals surface area contributed by atoms with Crippen LogP contribution in [0.4, 0.5) is 5.69 Å². The number of hydrogen-bond acceptors (Lipinski definition) is 2. The van der Waals surface area contributed by atoms with Gasteiger partial charge < -0.3 is 4.74 Å². The number of anilines is 1. The quantitative estimate of drug-likeness (QED) is 0.713. The second-order valence-corrected chi connectivity index (χ2v) is 5.20. The van der Waals surface area contributed by atoms with Crippen LogP contribution in [0.3, 0.4) is 0 Å². The summed E-state index contributed by atoms with van der Waals surface area (Å²) >= 11 is 0. The Balaban J connectivity index is 2.12. The van der Waals surface area contributed by atoms with Crippen LogP contribution in [-0.2, 0) is 4.79 Å². The molecule has 0 aromatic heterocycles. The van der Waals surface area contributed by atoms with E-state index < -0.39 is 0 Å². The first-order valence-electron chi connectivity index (χ1n) is 6.50. The third kappa shape index (κ3) is 1.95. The summed E-state index contributed by atoms with van der Waals surface area (Å²) in [6.45, 7) is 5.67. The maximum absolute atomic E-state index is 12.0. The summed E-state index contributed by atoms with van der Waals surface area (Å²) < 4.78 is 6.05. The van der Waals surface area contributed by atoms with Crippen molar-refractivity contribution in [3.63, 3.8) is 0 Å². The molecule has 1 aliphatic heterocycles. The Hall–Kier alpha value is -2.03. The molecule has 0 spiro atoms. The summed E-state index contributed by atoms with van der Waals surface area (Å²) in [5.41, 5.74) is 3.16. The first-order valence-corrected chi connectivity index (χ1v) is 6.50. The predicted octanol–water partition coefficient (Wildman–Crippen LogP) is 2.99. The zero-order valence-corrected chi connectivity index (χ0v) is 11.4. The van der Waals surface area contributed by atoms with Gasteiger partial charge in [0.25, 0.3) is 0 Å². The van der Waals surface area contributed by atoms with E-state index in [0.29, 0.717) is 0 Å². The monoisotopic (exact) mass is 255 g/mol. The van der Waals surface area contributed by atoms with Crippen LogP contribution in [0, 0.1) is 6.92 Å². The number of aryl methyl sites for hydroxylation is 1. The maximum Gasteiger partial charge on any atom is 0.224 e. The van der Waals surface area contributed by atoms with Gasteiger partial charge in [0.15, 0.2) is 0 Å². The molecule has 0 saturated heterocycles. The Labute approximate surface area is 113 Å². The van der Waals surface area contributed by atoms with Crippen molar-refractivity contribution in [3.05, 3.63) is 47.6 Å². The van der Waals surface area contributed by atoms with Crippen molar-refractivity contribution in [2.24, 2.45) is 0 Å². The lowest BCUT2D eigenvalue weighted by Gasteiger charge is -2.41. The molecule has 2 aliphatic rings. The van der Waals surface area contributed by atoms with Crippen LogP contribution in [0.25, 0.3) is 0 Å². The molecule has 0 N–H and O–H groups in total. The zero-order valence-electron chi connectivity index (χ0n) is 11.4. The van der Waals surface area contributed by atoms with E-state index in [9.17, 15) is 4.79 Å². The van der Waals surface area contributed by atoms with Crippen LogP contribution in [-0.4, -0.2) is 18.1 Å². The van der Waals surface area contributed by atoms with Crippen molar-refractivity contribution in [2.45, 2.75) is 32.9 Å². The van der Waals surface area contributed by atoms with Crippen LogP contribution in [0.15, 0.2) is 42.0 Å². The minimum Gasteiger partial charge on any atom is -0.482 e. The lowest BCUT2D eigenvalue weighted by Crippen LogP contribution is -2.50. The van der Waals surface area contributed by atoms with Crippen LogP contribution in [0.2, 0.25) is 0 Å². The fraction of sp³-hybridized carbons (Fsp3) is 0.312. The number of fused-ring (bicyclic) bond motifs is 2. The molecule has 2 atom stereocenters. The summed E-state index contributed by atoms with van der Waals surface area (Å²) in [6.07, 6.45) is 6.07. The van der Waals surface area contributed by atoms with E-state index in [4.69, 9.17) is 4.74 Å². The summed E-state index contributed by atoms with van der Waals surface area (Å²) in [6, 6.07) is 5.91. The van der Waals surface area contributed by atoms with Crippen LogP contribution in [0.5, 0.6) is 5.75 Å². The molecule has 0 saturated carbocycles. The molecule has 2 unspecified atom stereocenters. The number of nitrogens with zero attached hydrogens (tertiary/aromatic N) is 1. The van der Waals surface area contributed by atoms with E-state index in [-0.39, 0.29) is 18.1 Å². The van der Waals surface area contributed by atoms with Crippen molar-refractivity contribution < 1.29 is 9.53 Å². The molecular weight excluding hydrogens is 238 g/mol. The van der Waals surface area contributed by atoms with E-state index in [2.05, 4.69) is 6.08 Å². The van der Waals surface area contributed by atoms with E-state index in [0.717, 1.165) is 17.0 Å². The number of carbonyl (C=O) groups is 1. The van der Waals surface area contributed by atoms with Gasteiger partial charge in [0.2, 0.25) is 5.91 Å². The largest absolute Gasteiger partial charge is 0.482 e. The molecule has 1 aromatic rings. The van der Waals surface area contributed by atoms with Crippen molar-refractivity contribution in [1.29, 1.82) is 0 Å². The Morgan fingerprint density at radius 3 is 2.84 bits per heavy atom. The summed E-state index contributed by atoms with van der Waals surface area (Å²) in [5.74, 6) is 0.830. The highest BCUT2D eigenvalue weighted by Crippen LogP contribution is 2.39. The Morgan fingerprint density at radius 1 is 1.32 bits per heavy atom. The van der Waals surface area contributed by atoms with Gasteiger partial charge in [-0.05, 0) is 37.6 Å². The highest BCUT2D eigenvalue weighted by atomic mass is 16.5. The fourth-order valence-electron chi connectivity index (χ4n) is 2.71. The average Bonchev–Trinajstić information content (AvgIpc) is 2.35. The van der Waals surface area contributed by atoms with E-state index in [1.165, 1.54) is 5.57 Å². The number of rotatable bonds is 0. The minimum absolute atomic E-state index is 0.0426. The molecule has 3 rings (SSSR count). The third-order valence-corrected chi connectivity index (χ3v) is 3.60. The molecule has 1 aliphatic carbocycles. The number of amides is 1. The predicted molar refractivity (Wildman–Crippen MR) is 75.4 cm³/mol. The van der Waals surface area contributed by atoms with Crippen molar-refractivity contribution in [1.82, 2.24) is 0 Å². The van der Waals surface area contributed by atoms with E-state index in [1.54, 1.807) is 6.92 Å². The van der Waals surface area contributed by atoms with Gasteiger partial charge in [-0.1, -0.05) is 23.8 Å². The minimum atomic E-state index is -0.0943. The van der Waals surface area contributed by atoms with Crippen LogP contribution in [0.1, 0.15) is 19.4 Å². The fourth-order valence-corrected chi connectivity index (χ4v) is 2.71. The summed E-state index contributed by atoms with van der Waals surface area (Å²) in [7, 11) is 0. The maximum atomic E-state index is 12.0. The Kier molecular flexibility index (Phi) is 2.70. The molecule has 1 aromatic carbocycles. The molecule has 98 valence electrons. The molecule has 19 heavy (non-hydrogen) atoms. The molecular formula is C16H17NO2. The van der Waals surface area contributed by atoms with Gasteiger partial charge in [-0.3, -0.25) is 9.69 Å². The Bertz CT molecular complexity index is 601. The van der Waals surface area contributed by atoms with Gasteiger partial charge in [-0.25, -0.2) is 0 Å². The lowest BCUT2D eigenvalue weighted by molar-refractivity contribution is -0.117. The third-order valence-electron chi connectivity index (χ3n) is 3.60. The molecule has 0 fully saturated rings. The SMILES string of the molecule is CC(=O)N1c2ccc(C)cc2OC2C=C(C)C=CC21. The second kappa shape index (κ2) is 4.26. The van der Waals surface area contributed by atoms with Gasteiger partial charge >= 0.3 is 0 Å². The molecule has 3 heteroatoms. The van der Waals surface area contributed by atoms with Gasteiger partial charge in [0.05, 0.1) is 11.7 Å². The number of carbonyl (C=O) groups excluding carboxylic acids is 1. The van der Waals surface area contributed by atoms with E-state index in [1.807, 2.05) is 49.1 Å². The first kappa shape index (κ1) is 12.0. The van der Waals surface area contributed by atoms with Gasteiger partial charge in [-0.15, -0.1) is 0 Å². The second-order valence-electron chi connectivity index (χ2n) is 5.20. The molecule has 0 radical (unpaired) electrons. The Morgan fingerprint density at radius 2 is 2.11 bits per heavy atom. The average molecular weight is 255 g/mol. The van der Waals surface area contributed by atoms with Crippen molar-refractivity contribution in [2.75, 3.05) is 4.90 Å². The standard InChI is InChI=1S/C16H17NO2/c1-10-4-6-13-15(8-10)19-16-9-11(2)5-7-14(16)17(13)12(3)18/h4-9,13,15H,1-3H3. The molecule has 1 heterocycles. The highest BCUT2D eigenvalue weighted by molar-refractivity contribution is 5.95. The molecule has 1 amide bonds. The van der Waals surface area contributed by atoms with E-state index >= 15 is 0 Å². The first-order chi connectivity index (χ1) is 9.06. The van der Waals surface area contributed by atoms with Gasteiger partial charge in [0, 0.05) is 6.92 Å². The van der Waals surface area contributed by atoms with Crippen molar-refractivity contribution in [3.8, 4) is 5.75 Å². The summed E-state index contributed by atoms with van der Waals surface area (Å²) in [4.78, 5) is 13.8. The lowest BCUT2D eigenvalue weighted by atomic mass is 9.96. The highest BCUT2D eigenvalue weighted by Gasteiger charge is 2.36. The molecule has 3 nitrogen and oxygen atoms in total. The number of hydrogen-bond donors (Lipinski definition) is 0. The van der Waals surface area contributed by atoms with Crippen molar-refractivity contribution >= 4 is 11.6 Å². The van der Waals surface area contributed by atoms with Crippen LogP contribution < -0.4 is 9.64 Å². The number of benzene rings is 1. The normalized spacial score (nSPS) is 24.2. The van der Waals surface area contributed by atoms with Gasteiger partial charge in [0.1, 0.15) is 11.9 Å². The number of allylic oxidation sites excluding steroid dienone is 2. The zero-order chi connectivity index (χ0) is 13.6. The van der Waals surface area contributed by atoms with Crippen LogP contribution >= 0.6 is 0 Å². The topological polar surface area (TPSA) is 29.5 Å².